The van der Waals surface area contributed by atoms with E-state index in [1.54, 1.807) is 6.26 Å². The lowest BCUT2D eigenvalue weighted by Crippen LogP contribution is -2.41. The minimum atomic E-state index is 0.196. The van der Waals surface area contributed by atoms with Crippen molar-refractivity contribution in [1.29, 1.82) is 0 Å². The van der Waals surface area contributed by atoms with Crippen LogP contribution in [0.4, 0.5) is 0 Å². The fraction of sp³-hybridized carbons (Fsp3) is 0.750. The second-order valence-corrected chi connectivity index (χ2v) is 7.10. The maximum atomic E-state index is 6.09. The highest BCUT2D eigenvalue weighted by Crippen LogP contribution is 2.34. The van der Waals surface area contributed by atoms with Crippen LogP contribution in [0.3, 0.4) is 0 Å². The number of nitrogens with two attached hydrogens (primary N) is 1. The lowest BCUT2D eigenvalue weighted by Gasteiger charge is -2.35. The first-order chi connectivity index (χ1) is 9.63. The zero-order valence-electron chi connectivity index (χ0n) is 12.6. The highest BCUT2D eigenvalue weighted by molar-refractivity contribution is 9.10. The minimum absolute atomic E-state index is 0.196. The van der Waals surface area contributed by atoms with Gasteiger partial charge in [0.15, 0.2) is 0 Å². The van der Waals surface area contributed by atoms with Gasteiger partial charge < -0.3 is 10.2 Å². The maximum absolute atomic E-state index is 6.09. The summed E-state index contributed by atoms with van der Waals surface area (Å²) in [5, 5.41) is 0. The Morgan fingerprint density at radius 2 is 2.10 bits per heavy atom. The Morgan fingerprint density at radius 1 is 1.40 bits per heavy atom. The number of hydrogen-bond acceptors (Lipinski definition) is 3. The average molecular weight is 343 g/mol. The van der Waals surface area contributed by atoms with Crippen LogP contribution < -0.4 is 5.73 Å². The van der Waals surface area contributed by atoms with Gasteiger partial charge in [0.05, 0.1) is 16.8 Å². The van der Waals surface area contributed by atoms with Crippen LogP contribution in [0.25, 0.3) is 0 Å². The smallest absolute Gasteiger partial charge is 0.136 e. The van der Waals surface area contributed by atoms with Crippen molar-refractivity contribution in [3.05, 3.63) is 22.6 Å². The van der Waals surface area contributed by atoms with E-state index in [1.807, 2.05) is 6.07 Å². The van der Waals surface area contributed by atoms with Crippen LogP contribution in [-0.2, 0) is 0 Å². The normalized spacial score (nSPS) is 18.3. The van der Waals surface area contributed by atoms with Crippen molar-refractivity contribution < 1.29 is 4.42 Å². The van der Waals surface area contributed by atoms with E-state index in [4.69, 9.17) is 10.2 Å². The molecule has 0 amide bonds. The van der Waals surface area contributed by atoms with Crippen molar-refractivity contribution >= 4 is 15.9 Å². The van der Waals surface area contributed by atoms with E-state index in [0.717, 1.165) is 22.7 Å². The second kappa shape index (κ2) is 7.62. The summed E-state index contributed by atoms with van der Waals surface area (Å²) < 4.78 is 6.74. The maximum Gasteiger partial charge on any atom is 0.136 e. The average Bonchev–Trinajstić information content (AvgIpc) is 3.06. The molecule has 1 aromatic heterocycles. The largest absolute Gasteiger partial charge is 0.466 e. The summed E-state index contributed by atoms with van der Waals surface area (Å²) in [6.45, 7) is 6.29. The molecule has 0 aliphatic heterocycles. The Balaban J connectivity index is 2.16. The lowest BCUT2D eigenvalue weighted by atomic mass is 10.0. The van der Waals surface area contributed by atoms with Gasteiger partial charge in [-0.1, -0.05) is 26.7 Å². The van der Waals surface area contributed by atoms with E-state index in [1.165, 1.54) is 32.1 Å². The Bertz CT molecular complexity index is 399. The molecule has 1 saturated carbocycles. The molecule has 1 aliphatic rings. The van der Waals surface area contributed by atoms with E-state index < -0.39 is 0 Å². The minimum Gasteiger partial charge on any atom is -0.466 e. The zero-order valence-corrected chi connectivity index (χ0v) is 14.2. The van der Waals surface area contributed by atoms with Gasteiger partial charge in [-0.15, -0.1) is 0 Å². The van der Waals surface area contributed by atoms with E-state index in [0.29, 0.717) is 12.6 Å². The van der Waals surface area contributed by atoms with E-state index in [-0.39, 0.29) is 6.04 Å². The molecule has 2 N–H and O–H groups in total. The molecule has 0 radical (unpaired) electrons. The van der Waals surface area contributed by atoms with Crippen LogP contribution in [0.15, 0.2) is 21.2 Å². The van der Waals surface area contributed by atoms with E-state index in [2.05, 4.69) is 34.7 Å². The van der Waals surface area contributed by atoms with Crippen molar-refractivity contribution in [1.82, 2.24) is 4.90 Å². The molecule has 0 bridgehead atoms. The van der Waals surface area contributed by atoms with Crippen LogP contribution in [0.1, 0.15) is 57.8 Å². The highest BCUT2D eigenvalue weighted by Gasteiger charge is 2.31. The van der Waals surface area contributed by atoms with Gasteiger partial charge in [-0.05, 0) is 53.7 Å². The van der Waals surface area contributed by atoms with E-state index in [9.17, 15) is 0 Å². The zero-order chi connectivity index (χ0) is 14.5. The van der Waals surface area contributed by atoms with Gasteiger partial charge in [0.1, 0.15) is 5.76 Å². The Morgan fingerprint density at radius 3 is 2.60 bits per heavy atom. The van der Waals surface area contributed by atoms with Crippen LogP contribution in [0.2, 0.25) is 0 Å². The SMILES string of the molecule is CC(C)CCN(C1CCCC1)C(CN)c1occc1Br. The molecular formula is C16H27BrN2O. The molecular weight excluding hydrogens is 316 g/mol. The van der Waals surface area contributed by atoms with Crippen molar-refractivity contribution in [3.63, 3.8) is 0 Å². The van der Waals surface area contributed by atoms with Crippen LogP contribution in [0, 0.1) is 5.92 Å². The number of furan rings is 1. The number of rotatable bonds is 7. The van der Waals surface area contributed by atoms with E-state index >= 15 is 0 Å². The molecule has 0 saturated heterocycles. The first-order valence-electron chi connectivity index (χ1n) is 7.82. The van der Waals surface area contributed by atoms with Gasteiger partial charge in [0.2, 0.25) is 0 Å². The molecule has 1 atom stereocenters. The summed E-state index contributed by atoms with van der Waals surface area (Å²) in [4.78, 5) is 2.59. The topological polar surface area (TPSA) is 42.4 Å². The predicted molar refractivity (Wildman–Crippen MR) is 86.6 cm³/mol. The molecule has 4 heteroatoms. The summed E-state index contributed by atoms with van der Waals surface area (Å²) in [5.41, 5.74) is 6.09. The van der Waals surface area contributed by atoms with Gasteiger partial charge in [-0.2, -0.15) is 0 Å². The predicted octanol–water partition coefficient (Wildman–Crippen LogP) is 4.33. The van der Waals surface area contributed by atoms with Gasteiger partial charge in [0.25, 0.3) is 0 Å². The third-order valence-corrected chi connectivity index (χ3v) is 4.98. The summed E-state index contributed by atoms with van der Waals surface area (Å²) in [6, 6.07) is 2.83. The van der Waals surface area contributed by atoms with Crippen molar-refractivity contribution in [2.45, 2.75) is 58.0 Å². The van der Waals surface area contributed by atoms with Crippen LogP contribution in [0.5, 0.6) is 0 Å². The van der Waals surface area contributed by atoms with Crippen LogP contribution in [-0.4, -0.2) is 24.0 Å². The number of halogens is 1. The first kappa shape index (κ1) is 16.1. The fourth-order valence-electron chi connectivity index (χ4n) is 3.17. The van der Waals surface area contributed by atoms with Crippen LogP contribution >= 0.6 is 15.9 Å². The monoisotopic (exact) mass is 342 g/mol. The molecule has 0 spiro atoms. The van der Waals surface area contributed by atoms with Gasteiger partial charge in [0, 0.05) is 12.6 Å². The molecule has 1 aliphatic carbocycles. The molecule has 1 aromatic rings. The van der Waals surface area contributed by atoms with Gasteiger partial charge in [-0.25, -0.2) is 0 Å². The van der Waals surface area contributed by atoms with Gasteiger partial charge in [-0.3, -0.25) is 4.90 Å². The highest BCUT2D eigenvalue weighted by atomic mass is 79.9. The van der Waals surface area contributed by atoms with Crippen molar-refractivity contribution in [3.8, 4) is 0 Å². The summed E-state index contributed by atoms with van der Waals surface area (Å²) in [5.74, 6) is 1.71. The molecule has 2 rings (SSSR count). The van der Waals surface area contributed by atoms with Crippen molar-refractivity contribution in [2.24, 2.45) is 11.7 Å². The summed E-state index contributed by atoms with van der Waals surface area (Å²) in [6.07, 6.45) is 8.25. The number of nitrogens with zero attached hydrogens (tertiary/aromatic N) is 1. The molecule has 3 nitrogen and oxygen atoms in total. The molecule has 1 unspecified atom stereocenters. The summed E-state index contributed by atoms with van der Waals surface area (Å²) >= 11 is 3.59. The third kappa shape index (κ3) is 3.86. The first-order valence-corrected chi connectivity index (χ1v) is 8.61. The molecule has 20 heavy (non-hydrogen) atoms. The molecule has 1 heterocycles. The lowest BCUT2D eigenvalue weighted by molar-refractivity contribution is 0.115. The third-order valence-electron chi connectivity index (χ3n) is 4.33. The Labute approximate surface area is 131 Å². The molecule has 0 aromatic carbocycles. The van der Waals surface area contributed by atoms with Crippen molar-refractivity contribution in [2.75, 3.05) is 13.1 Å². The number of hydrogen-bond donors (Lipinski definition) is 1. The quantitative estimate of drug-likeness (QED) is 0.801. The summed E-state index contributed by atoms with van der Waals surface area (Å²) in [7, 11) is 0. The fourth-order valence-corrected chi connectivity index (χ4v) is 3.64. The Kier molecular flexibility index (Phi) is 6.12. The second-order valence-electron chi connectivity index (χ2n) is 6.24. The molecule has 114 valence electrons. The van der Waals surface area contributed by atoms with Gasteiger partial charge >= 0.3 is 0 Å². The standard InChI is InChI=1S/C16H27BrN2O/c1-12(2)7-9-19(13-5-3-4-6-13)15(11-18)16-14(17)8-10-20-16/h8,10,12-13,15H,3-7,9,11,18H2,1-2H3. The molecule has 1 fully saturated rings. The Hall–Kier alpha value is -0.320.